The Morgan fingerprint density at radius 1 is 1.75 bits per heavy atom. The standard InChI is InChI=1S/C11H12ClNO3/c1-3-16-11(15)7(2)10(14)9-6-8(12)4-5-13-9/h4-6,10,14H,2-3H2,1H3. The van der Waals surface area contributed by atoms with E-state index in [9.17, 15) is 9.90 Å². The van der Waals surface area contributed by atoms with E-state index in [2.05, 4.69) is 11.6 Å². The zero-order valence-corrected chi connectivity index (χ0v) is 9.57. The van der Waals surface area contributed by atoms with Crippen molar-refractivity contribution in [3.8, 4) is 0 Å². The molecule has 0 aliphatic rings. The summed E-state index contributed by atoms with van der Waals surface area (Å²) < 4.78 is 4.72. The maximum absolute atomic E-state index is 11.3. The third-order valence-electron chi connectivity index (χ3n) is 1.89. The maximum atomic E-state index is 11.3. The molecule has 4 nitrogen and oxygen atoms in total. The lowest BCUT2D eigenvalue weighted by molar-refractivity contribution is -0.139. The van der Waals surface area contributed by atoms with Crippen molar-refractivity contribution in [2.75, 3.05) is 6.61 Å². The Morgan fingerprint density at radius 2 is 2.44 bits per heavy atom. The van der Waals surface area contributed by atoms with Crippen LogP contribution in [0.2, 0.25) is 5.02 Å². The van der Waals surface area contributed by atoms with Gasteiger partial charge in [-0.2, -0.15) is 0 Å². The number of halogens is 1. The topological polar surface area (TPSA) is 59.4 Å². The molecular formula is C11H12ClNO3. The molecule has 0 saturated carbocycles. The molecular weight excluding hydrogens is 230 g/mol. The van der Waals surface area contributed by atoms with Crippen LogP contribution in [0.5, 0.6) is 0 Å². The van der Waals surface area contributed by atoms with Gasteiger partial charge in [-0.1, -0.05) is 18.2 Å². The molecule has 1 rings (SSSR count). The first-order valence-corrected chi connectivity index (χ1v) is 5.09. The normalized spacial score (nSPS) is 11.9. The van der Waals surface area contributed by atoms with Crippen LogP contribution in [-0.4, -0.2) is 22.7 Å². The largest absolute Gasteiger partial charge is 0.463 e. The highest BCUT2D eigenvalue weighted by Gasteiger charge is 2.20. The number of ether oxygens (including phenoxy) is 1. The van der Waals surface area contributed by atoms with Crippen LogP contribution in [0.15, 0.2) is 30.5 Å². The van der Waals surface area contributed by atoms with E-state index < -0.39 is 12.1 Å². The molecule has 1 atom stereocenters. The summed E-state index contributed by atoms with van der Waals surface area (Å²) in [5.74, 6) is -0.642. The molecule has 5 heteroatoms. The number of nitrogens with zero attached hydrogens (tertiary/aromatic N) is 1. The van der Waals surface area contributed by atoms with E-state index in [4.69, 9.17) is 16.3 Å². The van der Waals surface area contributed by atoms with Crippen molar-refractivity contribution >= 4 is 17.6 Å². The lowest BCUT2D eigenvalue weighted by Crippen LogP contribution is -2.14. The highest BCUT2D eigenvalue weighted by atomic mass is 35.5. The second-order valence-electron chi connectivity index (χ2n) is 3.05. The van der Waals surface area contributed by atoms with Crippen LogP contribution >= 0.6 is 11.6 Å². The first-order valence-electron chi connectivity index (χ1n) is 4.71. The van der Waals surface area contributed by atoms with Crippen LogP contribution in [0.4, 0.5) is 0 Å². The molecule has 0 fully saturated rings. The number of carbonyl (C=O) groups is 1. The third kappa shape index (κ3) is 3.05. The quantitative estimate of drug-likeness (QED) is 0.646. The van der Waals surface area contributed by atoms with Gasteiger partial charge in [-0.15, -0.1) is 0 Å². The van der Waals surface area contributed by atoms with Crippen LogP contribution in [0.25, 0.3) is 0 Å². The van der Waals surface area contributed by atoms with E-state index in [0.717, 1.165) is 0 Å². The summed E-state index contributed by atoms with van der Waals surface area (Å²) in [5, 5.41) is 10.2. The number of carbonyl (C=O) groups excluding carboxylic acids is 1. The summed E-state index contributed by atoms with van der Waals surface area (Å²) in [6.45, 7) is 5.38. The lowest BCUT2D eigenvalue weighted by atomic mass is 10.1. The highest BCUT2D eigenvalue weighted by molar-refractivity contribution is 6.30. The minimum absolute atomic E-state index is 0.0587. The molecule has 1 heterocycles. The minimum Gasteiger partial charge on any atom is -0.463 e. The molecule has 0 saturated heterocycles. The lowest BCUT2D eigenvalue weighted by Gasteiger charge is -2.12. The van der Waals surface area contributed by atoms with Gasteiger partial charge in [0.05, 0.1) is 17.9 Å². The molecule has 0 amide bonds. The SMILES string of the molecule is C=C(C(=O)OCC)C(O)c1cc(Cl)ccn1. The van der Waals surface area contributed by atoms with Crippen LogP contribution < -0.4 is 0 Å². The van der Waals surface area contributed by atoms with Gasteiger partial charge in [0.2, 0.25) is 0 Å². The number of aromatic nitrogens is 1. The van der Waals surface area contributed by atoms with Gasteiger partial charge in [0.15, 0.2) is 0 Å². The predicted molar refractivity (Wildman–Crippen MR) is 60.0 cm³/mol. The van der Waals surface area contributed by atoms with Gasteiger partial charge in [-0.05, 0) is 19.1 Å². The molecule has 86 valence electrons. The van der Waals surface area contributed by atoms with Crippen LogP contribution in [-0.2, 0) is 9.53 Å². The number of aliphatic hydroxyl groups is 1. The summed E-state index contributed by atoms with van der Waals surface area (Å²) in [4.78, 5) is 15.2. The Hall–Kier alpha value is -1.39. The number of esters is 1. The van der Waals surface area contributed by atoms with E-state index in [0.29, 0.717) is 5.02 Å². The van der Waals surface area contributed by atoms with Crippen LogP contribution in [0, 0.1) is 0 Å². The Kier molecular flexibility index (Phi) is 4.46. The number of rotatable bonds is 4. The Balaban J connectivity index is 2.82. The average molecular weight is 242 g/mol. The highest BCUT2D eigenvalue weighted by Crippen LogP contribution is 2.21. The molecule has 0 aromatic carbocycles. The number of pyridine rings is 1. The van der Waals surface area contributed by atoms with E-state index in [1.54, 1.807) is 13.0 Å². The molecule has 16 heavy (non-hydrogen) atoms. The van der Waals surface area contributed by atoms with Crippen molar-refractivity contribution in [1.82, 2.24) is 4.98 Å². The van der Waals surface area contributed by atoms with Crippen molar-refractivity contribution in [3.05, 3.63) is 41.2 Å². The zero-order chi connectivity index (χ0) is 12.1. The molecule has 0 radical (unpaired) electrons. The number of hydrogen-bond acceptors (Lipinski definition) is 4. The van der Waals surface area contributed by atoms with Crippen molar-refractivity contribution in [2.45, 2.75) is 13.0 Å². The molecule has 0 aliphatic heterocycles. The van der Waals surface area contributed by atoms with Crippen LogP contribution in [0.3, 0.4) is 0 Å². The van der Waals surface area contributed by atoms with E-state index in [-0.39, 0.29) is 17.9 Å². The third-order valence-corrected chi connectivity index (χ3v) is 2.13. The van der Waals surface area contributed by atoms with Gasteiger partial charge < -0.3 is 9.84 Å². The molecule has 0 spiro atoms. The van der Waals surface area contributed by atoms with Crippen molar-refractivity contribution < 1.29 is 14.6 Å². The Morgan fingerprint density at radius 3 is 3.00 bits per heavy atom. The van der Waals surface area contributed by atoms with Gasteiger partial charge in [-0.25, -0.2) is 4.79 Å². The number of aliphatic hydroxyl groups excluding tert-OH is 1. The van der Waals surface area contributed by atoms with Crippen molar-refractivity contribution in [1.29, 1.82) is 0 Å². The molecule has 0 bridgehead atoms. The second kappa shape index (κ2) is 5.63. The Labute approximate surface area is 98.5 Å². The van der Waals surface area contributed by atoms with Gasteiger partial charge >= 0.3 is 5.97 Å². The summed E-state index contributed by atoms with van der Waals surface area (Å²) >= 11 is 5.74. The fourth-order valence-electron chi connectivity index (χ4n) is 1.08. The molecule has 0 aliphatic carbocycles. The molecule has 1 unspecified atom stereocenters. The fourth-order valence-corrected chi connectivity index (χ4v) is 1.25. The maximum Gasteiger partial charge on any atom is 0.336 e. The average Bonchev–Trinajstić information content (AvgIpc) is 2.27. The van der Waals surface area contributed by atoms with Crippen molar-refractivity contribution in [2.24, 2.45) is 0 Å². The number of hydrogen-bond donors (Lipinski definition) is 1. The van der Waals surface area contributed by atoms with Gasteiger partial charge in [0.25, 0.3) is 0 Å². The van der Waals surface area contributed by atoms with E-state index in [1.807, 2.05) is 0 Å². The monoisotopic (exact) mass is 241 g/mol. The van der Waals surface area contributed by atoms with Crippen molar-refractivity contribution in [3.63, 3.8) is 0 Å². The van der Waals surface area contributed by atoms with E-state index in [1.165, 1.54) is 12.3 Å². The fraction of sp³-hybridized carbons (Fsp3) is 0.273. The smallest absolute Gasteiger partial charge is 0.336 e. The Bertz CT molecular complexity index is 406. The van der Waals surface area contributed by atoms with Gasteiger partial charge in [0, 0.05) is 11.2 Å². The minimum atomic E-state index is -1.20. The predicted octanol–water partition coefficient (Wildman–Crippen LogP) is 1.89. The molecule has 1 N–H and O–H groups in total. The zero-order valence-electron chi connectivity index (χ0n) is 8.81. The van der Waals surface area contributed by atoms with Gasteiger partial charge in [0.1, 0.15) is 6.10 Å². The summed E-state index contributed by atoms with van der Waals surface area (Å²) in [5.41, 5.74) is 0.210. The summed E-state index contributed by atoms with van der Waals surface area (Å²) in [6, 6.07) is 3.04. The second-order valence-corrected chi connectivity index (χ2v) is 3.48. The first kappa shape index (κ1) is 12.7. The molecule has 1 aromatic rings. The van der Waals surface area contributed by atoms with E-state index >= 15 is 0 Å². The van der Waals surface area contributed by atoms with Crippen LogP contribution in [0.1, 0.15) is 18.7 Å². The van der Waals surface area contributed by atoms with Gasteiger partial charge in [-0.3, -0.25) is 4.98 Å². The molecule has 1 aromatic heterocycles. The first-order chi connectivity index (χ1) is 7.56. The summed E-state index contributed by atoms with van der Waals surface area (Å²) in [7, 11) is 0. The summed E-state index contributed by atoms with van der Waals surface area (Å²) in [6.07, 6.45) is 0.247.